The van der Waals surface area contributed by atoms with Gasteiger partial charge in [-0.1, -0.05) is 28.1 Å². The van der Waals surface area contributed by atoms with Crippen molar-refractivity contribution in [2.24, 2.45) is 5.10 Å². The van der Waals surface area contributed by atoms with E-state index < -0.39 is 23.3 Å². The number of nitro groups is 1. The molecule has 0 fully saturated rings. The van der Waals surface area contributed by atoms with Crippen molar-refractivity contribution in [2.75, 3.05) is 6.61 Å². The van der Waals surface area contributed by atoms with Gasteiger partial charge in [0.25, 0.3) is 5.91 Å². The van der Waals surface area contributed by atoms with Crippen LogP contribution in [0.1, 0.15) is 5.56 Å². The summed E-state index contributed by atoms with van der Waals surface area (Å²) in [6.07, 6.45) is 1.14. The Morgan fingerprint density at radius 1 is 1.38 bits per heavy atom. The van der Waals surface area contributed by atoms with Crippen molar-refractivity contribution < 1.29 is 18.8 Å². The molecular weight excluding hydrogens is 385 g/mol. The number of nitrogens with zero attached hydrogens (tertiary/aromatic N) is 2. The molecule has 1 N–H and O–H groups in total. The van der Waals surface area contributed by atoms with Crippen molar-refractivity contribution >= 4 is 33.7 Å². The standard InChI is InChI=1S/C15H11BrFN3O4/c16-11-5-6-12(17)10(7-11)8-18-19-15(21)9-24-14-4-2-1-3-13(14)20(22)23/h1-8H,9H2,(H,19,21)/b18-8+. The van der Waals surface area contributed by atoms with Gasteiger partial charge in [-0.25, -0.2) is 9.82 Å². The van der Waals surface area contributed by atoms with Crippen molar-refractivity contribution in [2.45, 2.75) is 0 Å². The van der Waals surface area contributed by atoms with E-state index in [-0.39, 0.29) is 17.0 Å². The number of nitro benzene ring substituents is 1. The molecule has 0 unspecified atom stereocenters. The number of nitrogens with one attached hydrogen (secondary N) is 1. The molecule has 2 aromatic rings. The molecular formula is C15H11BrFN3O4. The number of carbonyl (C=O) groups is 1. The summed E-state index contributed by atoms with van der Waals surface area (Å²) >= 11 is 3.20. The van der Waals surface area contributed by atoms with E-state index >= 15 is 0 Å². The van der Waals surface area contributed by atoms with E-state index in [0.717, 1.165) is 6.21 Å². The Morgan fingerprint density at radius 2 is 2.12 bits per heavy atom. The van der Waals surface area contributed by atoms with Gasteiger partial charge in [-0.2, -0.15) is 5.10 Å². The molecule has 0 saturated carbocycles. The summed E-state index contributed by atoms with van der Waals surface area (Å²) in [5.74, 6) is -1.16. The molecule has 1 amide bonds. The maximum absolute atomic E-state index is 13.5. The highest BCUT2D eigenvalue weighted by Crippen LogP contribution is 2.25. The molecule has 9 heteroatoms. The minimum atomic E-state index is -0.639. The average Bonchev–Trinajstić information content (AvgIpc) is 2.56. The molecule has 0 radical (unpaired) electrons. The highest BCUT2D eigenvalue weighted by atomic mass is 79.9. The fourth-order valence-corrected chi connectivity index (χ4v) is 2.07. The Labute approximate surface area is 144 Å². The lowest BCUT2D eigenvalue weighted by Gasteiger charge is -2.05. The van der Waals surface area contributed by atoms with Gasteiger partial charge in [0.1, 0.15) is 5.82 Å². The van der Waals surface area contributed by atoms with Gasteiger partial charge in [-0.3, -0.25) is 14.9 Å². The molecule has 2 rings (SSSR count). The second-order valence-corrected chi connectivity index (χ2v) is 5.39. The number of para-hydroxylation sites is 2. The number of hydrogen-bond acceptors (Lipinski definition) is 5. The number of carbonyl (C=O) groups excluding carboxylic acids is 1. The fraction of sp³-hybridized carbons (Fsp3) is 0.0667. The van der Waals surface area contributed by atoms with E-state index in [0.29, 0.717) is 4.47 Å². The van der Waals surface area contributed by atoms with E-state index in [4.69, 9.17) is 4.74 Å². The number of ether oxygens (including phenoxy) is 1. The Morgan fingerprint density at radius 3 is 2.88 bits per heavy atom. The molecule has 0 saturated heterocycles. The molecule has 0 heterocycles. The summed E-state index contributed by atoms with van der Waals surface area (Å²) in [7, 11) is 0. The molecule has 0 aromatic heterocycles. The lowest BCUT2D eigenvalue weighted by molar-refractivity contribution is -0.385. The Hall–Kier alpha value is -2.81. The molecule has 0 bridgehead atoms. The first-order valence-electron chi connectivity index (χ1n) is 6.60. The summed E-state index contributed by atoms with van der Waals surface area (Å²) in [6, 6.07) is 9.97. The summed E-state index contributed by atoms with van der Waals surface area (Å²) in [5.41, 5.74) is 2.09. The van der Waals surface area contributed by atoms with Crippen LogP contribution in [0.3, 0.4) is 0 Å². The number of benzene rings is 2. The van der Waals surface area contributed by atoms with Crippen LogP contribution in [0.4, 0.5) is 10.1 Å². The summed E-state index contributed by atoms with van der Waals surface area (Å²) in [5, 5.41) is 14.4. The molecule has 0 atom stereocenters. The van der Waals surface area contributed by atoms with Crippen LogP contribution in [0, 0.1) is 15.9 Å². The average molecular weight is 396 g/mol. The lowest BCUT2D eigenvalue weighted by Crippen LogP contribution is -2.24. The third kappa shape index (κ3) is 4.85. The highest BCUT2D eigenvalue weighted by Gasteiger charge is 2.14. The number of hydrogen-bond donors (Lipinski definition) is 1. The maximum Gasteiger partial charge on any atom is 0.310 e. The molecule has 2 aromatic carbocycles. The molecule has 124 valence electrons. The van der Waals surface area contributed by atoms with Gasteiger partial charge in [-0.05, 0) is 24.3 Å². The first-order chi connectivity index (χ1) is 11.5. The minimum absolute atomic E-state index is 0.0281. The van der Waals surface area contributed by atoms with Crippen LogP contribution in [0.2, 0.25) is 0 Å². The van der Waals surface area contributed by atoms with E-state index in [1.807, 2.05) is 0 Å². The van der Waals surface area contributed by atoms with Crippen LogP contribution < -0.4 is 10.2 Å². The van der Waals surface area contributed by atoms with Crippen molar-refractivity contribution in [1.29, 1.82) is 0 Å². The minimum Gasteiger partial charge on any atom is -0.477 e. The van der Waals surface area contributed by atoms with Crippen LogP contribution in [0.25, 0.3) is 0 Å². The first kappa shape index (κ1) is 17.5. The van der Waals surface area contributed by atoms with Gasteiger partial charge in [0.05, 0.1) is 11.1 Å². The molecule has 0 aliphatic rings. The van der Waals surface area contributed by atoms with E-state index in [9.17, 15) is 19.3 Å². The molecule has 0 aliphatic heterocycles. The monoisotopic (exact) mass is 395 g/mol. The van der Waals surface area contributed by atoms with Gasteiger partial charge in [0, 0.05) is 16.1 Å². The number of hydrazone groups is 1. The van der Waals surface area contributed by atoms with Crippen LogP contribution in [-0.2, 0) is 4.79 Å². The Kier molecular flexibility index (Phi) is 5.96. The van der Waals surface area contributed by atoms with Crippen molar-refractivity contribution in [3.05, 3.63) is 68.4 Å². The summed E-state index contributed by atoms with van der Waals surface area (Å²) < 4.78 is 19.2. The largest absolute Gasteiger partial charge is 0.477 e. The number of rotatable bonds is 6. The van der Waals surface area contributed by atoms with Crippen LogP contribution in [-0.4, -0.2) is 23.7 Å². The predicted octanol–water partition coefficient (Wildman–Crippen LogP) is 3.03. The van der Waals surface area contributed by atoms with Gasteiger partial charge in [0.2, 0.25) is 0 Å². The SMILES string of the molecule is O=C(COc1ccccc1[N+](=O)[O-])N/N=C/c1cc(Br)ccc1F. The zero-order valence-electron chi connectivity index (χ0n) is 12.1. The van der Waals surface area contributed by atoms with Crippen LogP contribution in [0.15, 0.2) is 52.0 Å². The summed E-state index contributed by atoms with van der Waals surface area (Å²) in [6.45, 7) is -0.469. The van der Waals surface area contributed by atoms with E-state index in [2.05, 4.69) is 26.5 Å². The van der Waals surface area contributed by atoms with Gasteiger partial charge >= 0.3 is 5.69 Å². The number of halogens is 2. The highest BCUT2D eigenvalue weighted by molar-refractivity contribution is 9.10. The predicted molar refractivity (Wildman–Crippen MR) is 88.4 cm³/mol. The molecule has 0 spiro atoms. The third-order valence-electron chi connectivity index (χ3n) is 2.77. The van der Waals surface area contributed by atoms with Crippen molar-refractivity contribution in [3.8, 4) is 5.75 Å². The van der Waals surface area contributed by atoms with E-state index in [1.165, 1.54) is 36.4 Å². The smallest absolute Gasteiger partial charge is 0.310 e. The quantitative estimate of drug-likeness (QED) is 0.462. The zero-order valence-corrected chi connectivity index (χ0v) is 13.7. The topological polar surface area (TPSA) is 93.8 Å². The second kappa shape index (κ2) is 8.16. The van der Waals surface area contributed by atoms with Gasteiger partial charge in [0.15, 0.2) is 12.4 Å². The van der Waals surface area contributed by atoms with Gasteiger partial charge < -0.3 is 4.74 Å². The molecule has 7 nitrogen and oxygen atoms in total. The van der Waals surface area contributed by atoms with Crippen molar-refractivity contribution in [3.63, 3.8) is 0 Å². The lowest BCUT2D eigenvalue weighted by atomic mass is 10.2. The molecule has 0 aliphatic carbocycles. The number of amides is 1. The third-order valence-corrected chi connectivity index (χ3v) is 3.26. The van der Waals surface area contributed by atoms with Crippen LogP contribution >= 0.6 is 15.9 Å². The van der Waals surface area contributed by atoms with Crippen molar-refractivity contribution in [1.82, 2.24) is 5.43 Å². The van der Waals surface area contributed by atoms with Gasteiger partial charge in [-0.15, -0.1) is 0 Å². The first-order valence-corrected chi connectivity index (χ1v) is 7.40. The Bertz CT molecular complexity index is 798. The molecule has 24 heavy (non-hydrogen) atoms. The van der Waals surface area contributed by atoms with Crippen LogP contribution in [0.5, 0.6) is 5.75 Å². The normalized spacial score (nSPS) is 10.6. The second-order valence-electron chi connectivity index (χ2n) is 4.47. The zero-order chi connectivity index (χ0) is 17.5. The maximum atomic E-state index is 13.5. The fourth-order valence-electron chi connectivity index (χ4n) is 1.69. The summed E-state index contributed by atoms with van der Waals surface area (Å²) in [4.78, 5) is 21.8. The Balaban J connectivity index is 1.91. The van der Waals surface area contributed by atoms with E-state index in [1.54, 1.807) is 6.07 Å².